The van der Waals surface area contributed by atoms with Crippen molar-refractivity contribution in [1.29, 1.82) is 0 Å². The molecule has 0 saturated heterocycles. The van der Waals surface area contributed by atoms with Crippen LogP contribution in [0.3, 0.4) is 0 Å². The number of fused-ring (bicyclic) bond motifs is 1. The zero-order chi connectivity index (χ0) is 11.8. The molecule has 0 aliphatic rings. The van der Waals surface area contributed by atoms with E-state index in [2.05, 4.69) is 10.2 Å². The van der Waals surface area contributed by atoms with Crippen LogP contribution in [-0.2, 0) is 0 Å². The smallest absolute Gasteiger partial charge is 0.267 e. The Hall–Kier alpha value is -2.01. The lowest BCUT2D eigenvalue weighted by Gasteiger charge is -2.05. The van der Waals surface area contributed by atoms with Crippen LogP contribution in [0.25, 0.3) is 22.5 Å². The molecule has 0 bridgehead atoms. The maximum Gasteiger partial charge on any atom is 0.267 e. The van der Waals surface area contributed by atoms with Crippen molar-refractivity contribution >= 4 is 22.5 Å². The normalized spacial score (nSPS) is 10.9. The summed E-state index contributed by atoms with van der Waals surface area (Å²) in [6.07, 6.45) is 1.28. The molecular formula is C11H8ClN3O2. The molecule has 0 unspecified atom stereocenters. The van der Waals surface area contributed by atoms with E-state index in [-0.39, 0.29) is 0 Å². The average molecular weight is 250 g/mol. The SMILES string of the molecule is COn1c(-c2nnco2)cc2ccc(Cl)cc21. The highest BCUT2D eigenvalue weighted by molar-refractivity contribution is 6.31. The van der Waals surface area contributed by atoms with Gasteiger partial charge in [0.25, 0.3) is 5.89 Å². The maximum absolute atomic E-state index is 5.96. The first-order chi connectivity index (χ1) is 8.29. The van der Waals surface area contributed by atoms with Crippen LogP contribution < -0.4 is 4.84 Å². The summed E-state index contributed by atoms with van der Waals surface area (Å²) in [6, 6.07) is 7.46. The van der Waals surface area contributed by atoms with Gasteiger partial charge < -0.3 is 9.25 Å². The summed E-state index contributed by atoms with van der Waals surface area (Å²) in [5.41, 5.74) is 1.55. The average Bonchev–Trinajstić information content (AvgIpc) is 2.94. The Morgan fingerprint density at radius 2 is 2.24 bits per heavy atom. The van der Waals surface area contributed by atoms with E-state index < -0.39 is 0 Å². The summed E-state index contributed by atoms with van der Waals surface area (Å²) in [5.74, 6) is 0.402. The van der Waals surface area contributed by atoms with Gasteiger partial charge in [0, 0.05) is 10.4 Å². The zero-order valence-corrected chi connectivity index (χ0v) is 9.68. The maximum atomic E-state index is 5.96. The van der Waals surface area contributed by atoms with Gasteiger partial charge in [0.1, 0.15) is 12.8 Å². The molecule has 0 spiro atoms. The zero-order valence-electron chi connectivity index (χ0n) is 8.92. The van der Waals surface area contributed by atoms with E-state index >= 15 is 0 Å². The molecule has 5 nitrogen and oxygen atoms in total. The minimum Gasteiger partial charge on any atom is -0.422 e. The van der Waals surface area contributed by atoms with Crippen molar-refractivity contribution in [1.82, 2.24) is 14.9 Å². The van der Waals surface area contributed by atoms with Crippen molar-refractivity contribution < 1.29 is 9.25 Å². The summed E-state index contributed by atoms with van der Waals surface area (Å²) in [6.45, 7) is 0. The fraction of sp³-hybridized carbons (Fsp3) is 0.0909. The third kappa shape index (κ3) is 1.55. The van der Waals surface area contributed by atoms with Crippen LogP contribution in [0.15, 0.2) is 35.1 Å². The minimum atomic E-state index is 0.402. The number of halogens is 1. The second kappa shape index (κ2) is 3.78. The Kier molecular flexibility index (Phi) is 2.26. The Morgan fingerprint density at radius 1 is 1.35 bits per heavy atom. The first kappa shape index (κ1) is 10.2. The Balaban J connectivity index is 2.32. The van der Waals surface area contributed by atoms with Gasteiger partial charge in [-0.05, 0) is 18.2 Å². The van der Waals surface area contributed by atoms with Crippen LogP contribution in [0.2, 0.25) is 5.02 Å². The molecular weight excluding hydrogens is 242 g/mol. The highest BCUT2D eigenvalue weighted by Crippen LogP contribution is 2.27. The molecule has 0 atom stereocenters. The molecule has 0 saturated carbocycles. The lowest BCUT2D eigenvalue weighted by Crippen LogP contribution is -2.06. The Morgan fingerprint density at radius 3 is 2.94 bits per heavy atom. The van der Waals surface area contributed by atoms with Crippen molar-refractivity contribution in [3.8, 4) is 11.6 Å². The number of nitrogens with zero attached hydrogens (tertiary/aromatic N) is 3. The number of benzene rings is 1. The summed E-state index contributed by atoms with van der Waals surface area (Å²) < 4.78 is 6.77. The number of hydrogen-bond acceptors (Lipinski definition) is 4. The minimum absolute atomic E-state index is 0.402. The van der Waals surface area contributed by atoms with Crippen molar-refractivity contribution in [3.05, 3.63) is 35.7 Å². The van der Waals surface area contributed by atoms with Gasteiger partial charge in [0.2, 0.25) is 6.39 Å². The molecule has 3 aromatic rings. The molecule has 86 valence electrons. The molecule has 3 rings (SSSR count). The molecule has 17 heavy (non-hydrogen) atoms. The predicted octanol–water partition coefficient (Wildman–Crippen LogP) is 2.40. The molecule has 0 radical (unpaired) electrons. The van der Waals surface area contributed by atoms with E-state index in [0.29, 0.717) is 16.6 Å². The Labute approximate surface area is 102 Å². The lowest BCUT2D eigenvalue weighted by atomic mass is 10.2. The largest absolute Gasteiger partial charge is 0.422 e. The van der Waals surface area contributed by atoms with Crippen LogP contribution in [0.5, 0.6) is 0 Å². The topological polar surface area (TPSA) is 53.1 Å². The van der Waals surface area contributed by atoms with Crippen LogP contribution in [0.4, 0.5) is 0 Å². The van der Waals surface area contributed by atoms with Crippen molar-refractivity contribution in [2.24, 2.45) is 0 Å². The van der Waals surface area contributed by atoms with Crippen molar-refractivity contribution in [2.45, 2.75) is 0 Å². The molecule has 2 aromatic heterocycles. The van der Waals surface area contributed by atoms with Crippen LogP contribution in [-0.4, -0.2) is 22.0 Å². The summed E-state index contributed by atoms with van der Waals surface area (Å²) >= 11 is 5.96. The Bertz CT molecular complexity index is 661. The monoisotopic (exact) mass is 249 g/mol. The van der Waals surface area contributed by atoms with Crippen molar-refractivity contribution in [2.75, 3.05) is 7.11 Å². The fourth-order valence-electron chi connectivity index (χ4n) is 1.78. The number of hydrogen-bond donors (Lipinski definition) is 0. The molecule has 0 aliphatic heterocycles. The van der Waals surface area contributed by atoms with Gasteiger partial charge in [0.05, 0.1) is 5.52 Å². The van der Waals surface area contributed by atoms with Crippen LogP contribution in [0, 0.1) is 0 Å². The fourth-order valence-corrected chi connectivity index (χ4v) is 1.95. The second-order valence-corrected chi connectivity index (χ2v) is 3.89. The first-order valence-corrected chi connectivity index (χ1v) is 5.29. The van der Waals surface area contributed by atoms with Gasteiger partial charge in [-0.15, -0.1) is 10.2 Å². The van der Waals surface area contributed by atoms with Gasteiger partial charge in [0.15, 0.2) is 0 Å². The molecule has 6 heteroatoms. The third-order valence-corrected chi connectivity index (χ3v) is 2.72. The molecule has 0 fully saturated rings. The summed E-state index contributed by atoms with van der Waals surface area (Å²) in [5, 5.41) is 9.15. The molecule has 0 amide bonds. The van der Waals surface area contributed by atoms with Crippen LogP contribution >= 0.6 is 11.6 Å². The summed E-state index contributed by atoms with van der Waals surface area (Å²) in [4.78, 5) is 5.31. The van der Waals surface area contributed by atoms with E-state index in [1.54, 1.807) is 11.8 Å². The first-order valence-electron chi connectivity index (χ1n) is 4.91. The van der Waals surface area contributed by atoms with E-state index in [0.717, 1.165) is 10.9 Å². The highest BCUT2D eigenvalue weighted by Gasteiger charge is 2.15. The van der Waals surface area contributed by atoms with Crippen LogP contribution in [0.1, 0.15) is 0 Å². The van der Waals surface area contributed by atoms with E-state index in [1.807, 2.05) is 24.3 Å². The third-order valence-electron chi connectivity index (χ3n) is 2.48. The van der Waals surface area contributed by atoms with Gasteiger partial charge in [-0.25, -0.2) is 0 Å². The quantitative estimate of drug-likeness (QED) is 0.700. The molecule has 1 aromatic carbocycles. The van der Waals surface area contributed by atoms with Gasteiger partial charge >= 0.3 is 0 Å². The van der Waals surface area contributed by atoms with Gasteiger partial charge in [-0.1, -0.05) is 17.7 Å². The predicted molar refractivity (Wildman–Crippen MR) is 62.7 cm³/mol. The second-order valence-electron chi connectivity index (χ2n) is 3.45. The molecule has 2 heterocycles. The van der Waals surface area contributed by atoms with E-state index in [1.165, 1.54) is 6.39 Å². The van der Waals surface area contributed by atoms with Gasteiger partial charge in [-0.3, -0.25) is 0 Å². The van der Waals surface area contributed by atoms with E-state index in [4.69, 9.17) is 20.9 Å². The lowest BCUT2D eigenvalue weighted by molar-refractivity contribution is 0.181. The standard InChI is InChI=1S/C11H8ClN3O2/c1-16-15-9-5-8(12)3-2-7(9)4-10(15)11-14-13-6-17-11/h2-6H,1H3. The van der Waals surface area contributed by atoms with Crippen molar-refractivity contribution in [3.63, 3.8) is 0 Å². The molecule has 0 N–H and O–H groups in total. The molecule has 0 aliphatic carbocycles. The van der Waals surface area contributed by atoms with Gasteiger partial charge in [-0.2, -0.15) is 4.73 Å². The summed E-state index contributed by atoms with van der Waals surface area (Å²) in [7, 11) is 1.57. The number of aromatic nitrogens is 3. The van der Waals surface area contributed by atoms with E-state index in [9.17, 15) is 0 Å². The number of rotatable bonds is 2. The highest BCUT2D eigenvalue weighted by atomic mass is 35.5.